The van der Waals surface area contributed by atoms with E-state index in [1.807, 2.05) is 24.6 Å². The lowest BCUT2D eigenvalue weighted by Gasteiger charge is -2.08. The van der Waals surface area contributed by atoms with Gasteiger partial charge in [0.2, 0.25) is 0 Å². The van der Waals surface area contributed by atoms with Gasteiger partial charge in [0, 0.05) is 18.7 Å². The molecule has 1 amide bonds. The molecule has 0 aliphatic carbocycles. The van der Waals surface area contributed by atoms with Crippen molar-refractivity contribution in [2.24, 2.45) is 5.92 Å². The van der Waals surface area contributed by atoms with Gasteiger partial charge in [0.15, 0.2) is 6.61 Å². The summed E-state index contributed by atoms with van der Waals surface area (Å²) in [5.74, 6) is -0.407. The molecule has 0 aromatic carbocycles. The van der Waals surface area contributed by atoms with Crippen LogP contribution < -0.4 is 5.32 Å². The van der Waals surface area contributed by atoms with E-state index in [0.29, 0.717) is 22.9 Å². The number of rotatable bonds is 8. The number of thiophene rings is 1. The molecule has 2 rings (SSSR count). The van der Waals surface area contributed by atoms with E-state index in [1.165, 1.54) is 11.3 Å². The van der Waals surface area contributed by atoms with Crippen molar-refractivity contribution in [3.63, 3.8) is 0 Å². The van der Waals surface area contributed by atoms with Crippen LogP contribution in [0.2, 0.25) is 0 Å². The third-order valence-corrected chi connectivity index (χ3v) is 4.88. The van der Waals surface area contributed by atoms with Crippen molar-refractivity contribution < 1.29 is 14.3 Å². The molecule has 8 heteroatoms. The molecule has 2 aromatic heterocycles. The first-order valence-corrected chi connectivity index (χ1v) is 9.65. The summed E-state index contributed by atoms with van der Waals surface area (Å²) in [4.78, 5) is 23.8. The summed E-state index contributed by atoms with van der Waals surface area (Å²) < 4.78 is 7.02. The van der Waals surface area contributed by atoms with Crippen LogP contribution in [0.25, 0.3) is 0 Å². The number of anilines is 1. The molecule has 2 heterocycles. The lowest BCUT2D eigenvalue weighted by atomic mass is 10.1. The molecule has 1 N–H and O–H groups in total. The molecule has 0 atom stereocenters. The smallest absolute Gasteiger partial charge is 0.306 e. The highest BCUT2D eigenvalue weighted by Crippen LogP contribution is 2.22. The number of ether oxygens (including phenoxy) is 1. The molecule has 0 saturated heterocycles. The van der Waals surface area contributed by atoms with Crippen molar-refractivity contribution in [1.29, 1.82) is 5.26 Å². The maximum absolute atomic E-state index is 12.0. The molecule has 2 aromatic rings. The van der Waals surface area contributed by atoms with Crippen LogP contribution >= 0.6 is 11.3 Å². The highest BCUT2D eigenvalue weighted by molar-refractivity contribution is 7.14. The van der Waals surface area contributed by atoms with Crippen molar-refractivity contribution in [2.45, 2.75) is 47.1 Å². The van der Waals surface area contributed by atoms with Crippen LogP contribution in [0.1, 0.15) is 42.8 Å². The summed E-state index contributed by atoms with van der Waals surface area (Å²) in [6.45, 7) is 8.68. The highest BCUT2D eigenvalue weighted by Gasteiger charge is 2.15. The van der Waals surface area contributed by atoms with Crippen LogP contribution in [-0.4, -0.2) is 28.3 Å². The zero-order valence-electron chi connectivity index (χ0n) is 16.0. The van der Waals surface area contributed by atoms with Gasteiger partial charge in [0.05, 0.1) is 11.3 Å². The standard InChI is InChI=1S/C19H24N4O3S/c1-12(2)10-23-14(4)16(13(3)22-23)5-6-18(25)26-11-17(24)21-19-15(9-20)7-8-27-19/h7-8,12H,5-6,10-11H2,1-4H3,(H,21,24). The van der Waals surface area contributed by atoms with Gasteiger partial charge >= 0.3 is 5.97 Å². The van der Waals surface area contributed by atoms with Gasteiger partial charge in [-0.05, 0) is 43.2 Å². The first-order valence-electron chi connectivity index (χ1n) is 8.77. The molecular formula is C19H24N4O3S. The van der Waals surface area contributed by atoms with Crippen molar-refractivity contribution in [2.75, 3.05) is 11.9 Å². The molecule has 0 aliphatic rings. The zero-order chi connectivity index (χ0) is 20.0. The third-order valence-electron chi connectivity index (χ3n) is 4.05. The van der Waals surface area contributed by atoms with Crippen molar-refractivity contribution in [1.82, 2.24) is 9.78 Å². The van der Waals surface area contributed by atoms with Gasteiger partial charge in [-0.2, -0.15) is 10.4 Å². The number of aromatic nitrogens is 2. The van der Waals surface area contributed by atoms with E-state index >= 15 is 0 Å². The molecule has 7 nitrogen and oxygen atoms in total. The normalized spacial score (nSPS) is 10.7. The number of nitriles is 1. The Hall–Kier alpha value is -2.66. The van der Waals surface area contributed by atoms with Crippen molar-refractivity contribution in [3.8, 4) is 6.07 Å². The van der Waals surface area contributed by atoms with Crippen LogP contribution in [0.5, 0.6) is 0 Å². The Kier molecular flexibility index (Phi) is 7.13. The number of hydrogen-bond donors (Lipinski definition) is 1. The molecule has 0 spiro atoms. The number of esters is 1. The number of aryl methyl sites for hydroxylation is 1. The first-order chi connectivity index (χ1) is 12.8. The Labute approximate surface area is 162 Å². The molecule has 0 aliphatic heterocycles. The van der Waals surface area contributed by atoms with E-state index in [0.717, 1.165) is 23.5 Å². The molecule has 0 unspecified atom stereocenters. The van der Waals surface area contributed by atoms with E-state index < -0.39 is 11.9 Å². The minimum atomic E-state index is -0.459. The SMILES string of the molecule is Cc1nn(CC(C)C)c(C)c1CCC(=O)OCC(=O)Nc1sccc1C#N. The maximum atomic E-state index is 12.0. The second-order valence-corrected chi connectivity index (χ2v) is 7.63. The first kappa shape index (κ1) is 20.6. The lowest BCUT2D eigenvalue weighted by molar-refractivity contribution is -0.147. The van der Waals surface area contributed by atoms with E-state index in [1.54, 1.807) is 11.4 Å². The van der Waals surface area contributed by atoms with Gasteiger partial charge in [0.1, 0.15) is 11.1 Å². The van der Waals surface area contributed by atoms with Gasteiger partial charge in [-0.3, -0.25) is 14.3 Å². The highest BCUT2D eigenvalue weighted by atomic mass is 32.1. The fraction of sp³-hybridized carbons (Fsp3) is 0.474. The van der Waals surface area contributed by atoms with Crippen LogP contribution in [0.3, 0.4) is 0 Å². The molecule has 0 saturated carbocycles. The predicted octanol–water partition coefficient (Wildman–Crippen LogP) is 3.20. The molecule has 27 heavy (non-hydrogen) atoms. The Morgan fingerprint density at radius 3 is 2.81 bits per heavy atom. The third kappa shape index (κ3) is 5.66. The fourth-order valence-corrected chi connectivity index (χ4v) is 3.48. The van der Waals surface area contributed by atoms with Crippen LogP contribution in [0, 0.1) is 31.1 Å². The minimum Gasteiger partial charge on any atom is -0.456 e. The molecule has 0 bridgehead atoms. The average Bonchev–Trinajstić information content (AvgIpc) is 3.15. The number of carbonyl (C=O) groups is 2. The van der Waals surface area contributed by atoms with Crippen LogP contribution in [0.4, 0.5) is 5.00 Å². The van der Waals surface area contributed by atoms with E-state index in [4.69, 9.17) is 10.00 Å². The second kappa shape index (κ2) is 9.33. The maximum Gasteiger partial charge on any atom is 0.306 e. The van der Waals surface area contributed by atoms with Crippen LogP contribution in [-0.2, 0) is 27.3 Å². The predicted molar refractivity (Wildman–Crippen MR) is 103 cm³/mol. The number of nitrogens with zero attached hydrogens (tertiary/aromatic N) is 3. The Balaban J connectivity index is 1.82. The Morgan fingerprint density at radius 1 is 1.41 bits per heavy atom. The molecule has 0 radical (unpaired) electrons. The largest absolute Gasteiger partial charge is 0.456 e. The summed E-state index contributed by atoms with van der Waals surface area (Å²) in [6, 6.07) is 3.61. The number of carbonyl (C=O) groups excluding carboxylic acids is 2. The summed E-state index contributed by atoms with van der Waals surface area (Å²) in [5.41, 5.74) is 3.42. The number of hydrogen-bond acceptors (Lipinski definition) is 6. The van der Waals surface area contributed by atoms with Gasteiger partial charge in [-0.15, -0.1) is 11.3 Å². The molecular weight excluding hydrogens is 364 g/mol. The topological polar surface area (TPSA) is 97.0 Å². The van der Waals surface area contributed by atoms with Gasteiger partial charge in [-0.1, -0.05) is 13.8 Å². The Bertz CT molecular complexity index is 861. The summed E-state index contributed by atoms with van der Waals surface area (Å²) >= 11 is 1.25. The summed E-state index contributed by atoms with van der Waals surface area (Å²) in [6.07, 6.45) is 0.713. The molecule has 144 valence electrons. The summed E-state index contributed by atoms with van der Waals surface area (Å²) in [7, 11) is 0. The van der Waals surface area contributed by atoms with E-state index in [9.17, 15) is 9.59 Å². The van der Waals surface area contributed by atoms with Crippen LogP contribution in [0.15, 0.2) is 11.4 Å². The van der Waals surface area contributed by atoms with Crippen molar-refractivity contribution in [3.05, 3.63) is 34.0 Å². The lowest BCUT2D eigenvalue weighted by Crippen LogP contribution is -2.21. The van der Waals surface area contributed by atoms with Crippen molar-refractivity contribution >= 4 is 28.2 Å². The Morgan fingerprint density at radius 2 is 2.15 bits per heavy atom. The van der Waals surface area contributed by atoms with E-state index in [-0.39, 0.29) is 13.0 Å². The van der Waals surface area contributed by atoms with E-state index in [2.05, 4.69) is 24.3 Å². The zero-order valence-corrected chi connectivity index (χ0v) is 16.9. The average molecular weight is 388 g/mol. The number of amides is 1. The van der Waals surface area contributed by atoms with Gasteiger partial charge in [-0.25, -0.2) is 0 Å². The van der Waals surface area contributed by atoms with Gasteiger partial charge < -0.3 is 10.1 Å². The quantitative estimate of drug-likeness (QED) is 0.701. The minimum absolute atomic E-state index is 0.185. The summed E-state index contributed by atoms with van der Waals surface area (Å²) in [5, 5.41) is 18.2. The molecule has 0 fully saturated rings. The number of nitrogens with one attached hydrogen (secondary N) is 1. The fourth-order valence-electron chi connectivity index (χ4n) is 2.72. The monoisotopic (exact) mass is 388 g/mol. The second-order valence-electron chi connectivity index (χ2n) is 6.71. The van der Waals surface area contributed by atoms with Gasteiger partial charge in [0.25, 0.3) is 5.91 Å².